The van der Waals surface area contributed by atoms with Gasteiger partial charge in [0.05, 0.1) is 0 Å². The van der Waals surface area contributed by atoms with Gasteiger partial charge in [0, 0.05) is 6.92 Å². The van der Waals surface area contributed by atoms with Crippen LogP contribution in [0, 0.1) is 0 Å². The van der Waals surface area contributed by atoms with Gasteiger partial charge < -0.3 is 5.11 Å². The average molecular weight is 166 g/mol. The van der Waals surface area contributed by atoms with Gasteiger partial charge in [-0.3, -0.25) is 13.9 Å². The second kappa shape index (κ2) is 7.05. The normalized spacial score (nSPS) is 8.30. The predicted molar refractivity (Wildman–Crippen MR) is 34.6 cm³/mol. The Morgan fingerprint density at radius 3 is 1.30 bits per heavy atom. The zero-order valence-corrected chi connectivity index (χ0v) is 5.29. The van der Waals surface area contributed by atoms with E-state index in [1.54, 1.807) is 0 Å². The van der Waals surface area contributed by atoms with Gasteiger partial charge in [0.25, 0.3) is 5.97 Å². The predicted octanol–water partition coefficient (Wildman–Crippen LogP) is -1.21. The molecule has 0 aromatic heterocycles. The number of carboxylic acid groups (broad SMARTS) is 1. The molecule has 0 aliphatic heterocycles. The Hall–Kier alpha value is -0.0626. The fraction of sp³-hybridized carbons (Fsp3) is 0.500. The summed E-state index contributed by atoms with van der Waals surface area (Å²) in [5.74, 6) is -0.833. The van der Waals surface area contributed by atoms with E-state index in [1.165, 1.54) is 0 Å². The van der Waals surface area contributed by atoms with Crippen molar-refractivity contribution in [2.24, 2.45) is 0 Å². The molecular weight excluding hydrogens is 159 g/mol. The van der Waals surface area contributed by atoms with Gasteiger partial charge in [-0.15, -0.1) is 0 Å². The zero-order chi connectivity index (χ0) is 8.08. The first-order chi connectivity index (χ1) is 3.73. The van der Waals surface area contributed by atoms with Gasteiger partial charge in [-0.05, 0) is 0 Å². The van der Waals surface area contributed by atoms with Crippen molar-refractivity contribution in [1.29, 1.82) is 0 Å². The summed E-state index contributed by atoms with van der Waals surface area (Å²) in [6.07, 6.45) is 0. The van der Waals surface area contributed by atoms with E-state index < -0.39 is 16.4 Å². The summed E-state index contributed by atoms with van der Waals surface area (Å²) >= 11 is 0. The first-order valence-corrected chi connectivity index (χ1v) is 3.02. The van der Waals surface area contributed by atoms with E-state index in [-0.39, 0.29) is 18.9 Å². The molecule has 0 aliphatic carbocycles. The summed E-state index contributed by atoms with van der Waals surface area (Å²) < 4.78 is 31.6. The number of rotatable bonds is 0. The third kappa shape index (κ3) is 97500. The van der Waals surface area contributed by atoms with Gasteiger partial charge in [-0.25, -0.2) is 0 Å². The van der Waals surface area contributed by atoms with Crippen molar-refractivity contribution in [3.8, 4) is 0 Å². The minimum atomic E-state index is -4.67. The molecule has 0 saturated carbocycles. The maximum absolute atomic E-state index is 9.00. The monoisotopic (exact) mass is 166 g/mol. The van der Waals surface area contributed by atoms with Crippen molar-refractivity contribution in [3.63, 3.8) is 0 Å². The van der Waals surface area contributed by atoms with Crippen molar-refractivity contribution in [2.45, 2.75) is 6.92 Å². The van der Waals surface area contributed by atoms with Gasteiger partial charge >= 0.3 is 29.3 Å². The van der Waals surface area contributed by atoms with Crippen LogP contribution in [0.4, 0.5) is 0 Å². The summed E-state index contributed by atoms with van der Waals surface area (Å²) in [5.41, 5.74) is 0. The Bertz CT molecular complexity index is 158. The summed E-state index contributed by atoms with van der Waals surface area (Å²) in [5, 5.41) is 7.42. The molecule has 0 bridgehead atoms. The van der Waals surface area contributed by atoms with E-state index in [2.05, 4.69) is 0 Å². The Kier molecular flexibility index (Phi) is 11.6. The SMILES string of the molecule is CC(=O)O.O=S(=O)(O)O.[LiH]. The van der Waals surface area contributed by atoms with Crippen LogP contribution >= 0.6 is 0 Å². The maximum atomic E-state index is 9.00. The van der Waals surface area contributed by atoms with Gasteiger partial charge in [0.2, 0.25) is 0 Å². The fourth-order valence-electron chi connectivity index (χ4n) is 0. The van der Waals surface area contributed by atoms with Crippen molar-refractivity contribution >= 4 is 35.2 Å². The molecule has 0 aliphatic rings. The van der Waals surface area contributed by atoms with Crippen molar-refractivity contribution in [1.82, 2.24) is 0 Å². The summed E-state index contributed by atoms with van der Waals surface area (Å²) in [4.78, 5) is 9.00. The van der Waals surface area contributed by atoms with Crippen LogP contribution in [0.25, 0.3) is 0 Å². The van der Waals surface area contributed by atoms with E-state index >= 15 is 0 Å². The van der Waals surface area contributed by atoms with Gasteiger partial charge in [-0.1, -0.05) is 0 Å². The van der Waals surface area contributed by atoms with E-state index in [9.17, 15) is 0 Å². The number of hydrogen-bond donors (Lipinski definition) is 3. The third-order valence-corrected chi connectivity index (χ3v) is 0. The molecule has 6 nitrogen and oxygen atoms in total. The first-order valence-electron chi connectivity index (χ1n) is 1.63. The molecular formula is C2H7LiO6S. The Morgan fingerprint density at radius 1 is 1.30 bits per heavy atom. The molecule has 0 rings (SSSR count). The number of hydrogen-bond acceptors (Lipinski definition) is 3. The second-order valence-corrected chi connectivity index (χ2v) is 1.86. The number of aliphatic carboxylic acids is 1. The van der Waals surface area contributed by atoms with Crippen LogP contribution in [-0.4, -0.2) is 47.5 Å². The van der Waals surface area contributed by atoms with Crippen LogP contribution < -0.4 is 0 Å². The molecule has 3 N–H and O–H groups in total. The molecule has 0 fully saturated rings. The summed E-state index contributed by atoms with van der Waals surface area (Å²) in [6, 6.07) is 0. The standard InChI is InChI=1S/C2H4O2.Li.H2O4S.H/c1-2(3)4;;1-5(2,3)4;/h1H3,(H,3,4);;(H2,1,2,3,4);. The third-order valence-electron chi connectivity index (χ3n) is 0. The van der Waals surface area contributed by atoms with Crippen molar-refractivity contribution < 1.29 is 27.4 Å². The van der Waals surface area contributed by atoms with Crippen LogP contribution in [0.15, 0.2) is 0 Å². The van der Waals surface area contributed by atoms with Gasteiger partial charge in [0.15, 0.2) is 0 Å². The molecule has 0 aromatic rings. The van der Waals surface area contributed by atoms with Gasteiger partial charge in [-0.2, -0.15) is 8.42 Å². The molecule has 8 heteroatoms. The van der Waals surface area contributed by atoms with Crippen LogP contribution in [0.3, 0.4) is 0 Å². The molecule has 0 amide bonds. The summed E-state index contributed by atoms with van der Waals surface area (Å²) in [7, 11) is -4.67. The first kappa shape index (κ1) is 16.5. The molecule has 0 atom stereocenters. The van der Waals surface area contributed by atoms with Crippen molar-refractivity contribution in [2.75, 3.05) is 0 Å². The minimum absolute atomic E-state index is 0. The summed E-state index contributed by atoms with van der Waals surface area (Å²) in [6.45, 7) is 1.08. The average Bonchev–Trinajstić information content (AvgIpc) is 1.19. The van der Waals surface area contributed by atoms with Crippen LogP contribution in [0.5, 0.6) is 0 Å². The van der Waals surface area contributed by atoms with E-state index in [1.807, 2.05) is 0 Å². The van der Waals surface area contributed by atoms with Crippen molar-refractivity contribution in [3.05, 3.63) is 0 Å². The number of carboxylic acids is 1. The number of carbonyl (C=O) groups is 1. The molecule has 0 heterocycles. The van der Waals surface area contributed by atoms with E-state index in [4.69, 9.17) is 27.4 Å². The molecule has 10 heavy (non-hydrogen) atoms. The van der Waals surface area contributed by atoms with Crippen LogP contribution in [0.2, 0.25) is 0 Å². The Labute approximate surface area is 70.0 Å². The second-order valence-electron chi connectivity index (χ2n) is 0.967. The molecule has 0 spiro atoms. The Balaban J connectivity index is -0.0000000910. The van der Waals surface area contributed by atoms with Crippen LogP contribution in [-0.2, 0) is 15.2 Å². The molecule has 0 unspecified atom stereocenters. The Morgan fingerprint density at radius 2 is 1.30 bits per heavy atom. The molecule has 0 aromatic carbocycles. The zero-order valence-electron chi connectivity index (χ0n) is 4.47. The fourth-order valence-corrected chi connectivity index (χ4v) is 0. The van der Waals surface area contributed by atoms with Gasteiger partial charge in [0.1, 0.15) is 0 Å². The topological polar surface area (TPSA) is 112 Å². The quantitative estimate of drug-likeness (QED) is 0.307. The van der Waals surface area contributed by atoms with E-state index in [0.29, 0.717) is 0 Å². The van der Waals surface area contributed by atoms with Crippen LogP contribution in [0.1, 0.15) is 6.92 Å². The molecule has 0 radical (unpaired) electrons. The van der Waals surface area contributed by atoms with E-state index in [0.717, 1.165) is 6.92 Å². The molecule has 0 saturated heterocycles. The molecule has 58 valence electrons.